The lowest BCUT2D eigenvalue weighted by Crippen LogP contribution is -2.46. The van der Waals surface area contributed by atoms with Crippen molar-refractivity contribution < 1.29 is 9.53 Å². The topological polar surface area (TPSA) is 45.7 Å². The quantitative estimate of drug-likeness (QED) is 0.870. The van der Waals surface area contributed by atoms with E-state index in [0.717, 1.165) is 24.5 Å². The second-order valence-corrected chi connectivity index (χ2v) is 5.65. The number of carbonyl (C=O) groups is 1. The molecular weight excluding hydrogens is 290 g/mol. The van der Waals surface area contributed by atoms with E-state index in [-0.39, 0.29) is 12.0 Å². The number of rotatable bonds is 4. The third-order valence-electron chi connectivity index (χ3n) is 4.01. The van der Waals surface area contributed by atoms with E-state index in [1.165, 1.54) is 0 Å². The van der Waals surface area contributed by atoms with Gasteiger partial charge < -0.3 is 14.5 Å². The molecule has 0 aliphatic carbocycles. The van der Waals surface area contributed by atoms with Crippen LogP contribution in [-0.4, -0.2) is 48.6 Å². The maximum atomic E-state index is 12.4. The predicted octanol–water partition coefficient (Wildman–Crippen LogP) is 2.44. The molecule has 0 unspecified atom stereocenters. The number of anilines is 1. The molecule has 0 saturated heterocycles. The number of hydrogen-bond acceptors (Lipinski definition) is 4. The Morgan fingerprint density at radius 1 is 1.30 bits per heavy atom. The van der Waals surface area contributed by atoms with Crippen molar-refractivity contribution in [3.63, 3.8) is 0 Å². The van der Waals surface area contributed by atoms with Gasteiger partial charge in [0.25, 0.3) is 5.91 Å². The molecule has 0 bridgehead atoms. The van der Waals surface area contributed by atoms with E-state index in [9.17, 15) is 4.79 Å². The van der Waals surface area contributed by atoms with Gasteiger partial charge in [0.15, 0.2) is 0 Å². The third-order valence-corrected chi connectivity index (χ3v) is 4.01. The zero-order valence-corrected chi connectivity index (χ0v) is 13.5. The monoisotopic (exact) mass is 311 g/mol. The lowest BCUT2D eigenvalue weighted by Gasteiger charge is -2.37. The van der Waals surface area contributed by atoms with Crippen molar-refractivity contribution in [2.24, 2.45) is 0 Å². The lowest BCUT2D eigenvalue weighted by molar-refractivity contribution is 0.0704. The molecule has 0 radical (unpaired) electrons. The van der Waals surface area contributed by atoms with Gasteiger partial charge in [-0.25, -0.2) is 0 Å². The van der Waals surface area contributed by atoms with Crippen LogP contribution in [0.5, 0.6) is 5.75 Å². The van der Waals surface area contributed by atoms with Gasteiger partial charge in [-0.2, -0.15) is 0 Å². The van der Waals surface area contributed by atoms with E-state index in [1.54, 1.807) is 30.3 Å². The molecule has 1 aromatic carbocycles. The predicted molar refractivity (Wildman–Crippen MR) is 89.9 cm³/mol. The van der Waals surface area contributed by atoms with Crippen LogP contribution in [0.3, 0.4) is 0 Å². The van der Waals surface area contributed by atoms with Crippen molar-refractivity contribution in [3.8, 4) is 5.75 Å². The van der Waals surface area contributed by atoms with Gasteiger partial charge in [0.05, 0.1) is 18.8 Å². The highest BCUT2D eigenvalue weighted by atomic mass is 16.5. The summed E-state index contributed by atoms with van der Waals surface area (Å²) in [5.41, 5.74) is 1.57. The summed E-state index contributed by atoms with van der Waals surface area (Å²) in [5, 5.41) is 0. The standard InChI is InChI=1S/C18H21N3O2/c1-3-21-13-14(23-17-10-5-4-9-16(17)21)12-20(2)18(22)15-8-6-7-11-19-15/h4-11,14H,3,12-13H2,1-2H3/t14-/m0/s1. The number of pyridine rings is 1. The van der Waals surface area contributed by atoms with Crippen LogP contribution >= 0.6 is 0 Å². The molecule has 0 N–H and O–H groups in total. The van der Waals surface area contributed by atoms with Gasteiger partial charge in [-0.3, -0.25) is 9.78 Å². The molecule has 5 nitrogen and oxygen atoms in total. The van der Waals surface area contributed by atoms with Crippen molar-refractivity contribution in [1.82, 2.24) is 9.88 Å². The molecule has 120 valence electrons. The molecule has 0 spiro atoms. The van der Waals surface area contributed by atoms with Crippen LogP contribution in [0.4, 0.5) is 5.69 Å². The van der Waals surface area contributed by atoms with Crippen LogP contribution in [0.25, 0.3) is 0 Å². The van der Waals surface area contributed by atoms with Crippen molar-refractivity contribution in [1.29, 1.82) is 0 Å². The van der Waals surface area contributed by atoms with E-state index < -0.39 is 0 Å². The average Bonchev–Trinajstić information content (AvgIpc) is 2.61. The molecule has 2 aromatic rings. The number of likely N-dealkylation sites (N-methyl/N-ethyl adjacent to an activating group) is 2. The first kappa shape index (κ1) is 15.3. The molecule has 0 saturated carbocycles. The SMILES string of the molecule is CCN1C[C@H](CN(C)C(=O)c2ccccn2)Oc2ccccc21. The first-order valence-corrected chi connectivity index (χ1v) is 7.86. The molecule has 0 fully saturated rings. The van der Waals surface area contributed by atoms with Crippen LogP contribution in [-0.2, 0) is 0 Å². The van der Waals surface area contributed by atoms with Gasteiger partial charge in [0.2, 0.25) is 0 Å². The largest absolute Gasteiger partial charge is 0.485 e. The minimum Gasteiger partial charge on any atom is -0.485 e. The molecule has 1 aliphatic heterocycles. The second-order valence-electron chi connectivity index (χ2n) is 5.65. The van der Waals surface area contributed by atoms with Gasteiger partial charge in [0, 0.05) is 19.8 Å². The second kappa shape index (κ2) is 6.69. The number of amides is 1. The average molecular weight is 311 g/mol. The van der Waals surface area contributed by atoms with Crippen LogP contribution in [0, 0.1) is 0 Å². The van der Waals surface area contributed by atoms with Crippen molar-refractivity contribution in [3.05, 3.63) is 54.4 Å². The molecule has 1 aliphatic rings. The Balaban J connectivity index is 1.70. The van der Waals surface area contributed by atoms with E-state index in [4.69, 9.17) is 4.74 Å². The summed E-state index contributed by atoms with van der Waals surface area (Å²) in [6, 6.07) is 13.4. The molecule has 1 atom stereocenters. The number of hydrogen-bond donors (Lipinski definition) is 0. The summed E-state index contributed by atoms with van der Waals surface area (Å²) in [5.74, 6) is 0.792. The molecular formula is C18H21N3O2. The number of aromatic nitrogens is 1. The maximum absolute atomic E-state index is 12.4. The van der Waals surface area contributed by atoms with Crippen LogP contribution < -0.4 is 9.64 Å². The van der Waals surface area contributed by atoms with Crippen molar-refractivity contribution in [2.45, 2.75) is 13.0 Å². The number of carbonyl (C=O) groups excluding carboxylic acids is 1. The normalized spacial score (nSPS) is 16.4. The highest BCUT2D eigenvalue weighted by Crippen LogP contribution is 2.32. The Labute approximate surface area is 136 Å². The number of para-hydroxylation sites is 2. The fourth-order valence-corrected chi connectivity index (χ4v) is 2.85. The summed E-state index contributed by atoms with van der Waals surface area (Å²) >= 11 is 0. The highest BCUT2D eigenvalue weighted by Gasteiger charge is 2.27. The summed E-state index contributed by atoms with van der Waals surface area (Å²) in [7, 11) is 1.79. The fraction of sp³-hybridized carbons (Fsp3) is 0.333. The Kier molecular flexibility index (Phi) is 4.46. The van der Waals surface area contributed by atoms with Gasteiger partial charge in [0.1, 0.15) is 17.5 Å². The van der Waals surface area contributed by atoms with Gasteiger partial charge >= 0.3 is 0 Å². The van der Waals surface area contributed by atoms with E-state index in [2.05, 4.69) is 22.9 Å². The van der Waals surface area contributed by atoms with Gasteiger partial charge in [-0.15, -0.1) is 0 Å². The Bertz CT molecular complexity index is 675. The minimum atomic E-state index is -0.0869. The first-order chi connectivity index (χ1) is 11.2. The molecule has 5 heteroatoms. The Morgan fingerprint density at radius 3 is 2.83 bits per heavy atom. The van der Waals surface area contributed by atoms with Crippen LogP contribution in [0.2, 0.25) is 0 Å². The Hall–Kier alpha value is -2.56. The summed E-state index contributed by atoms with van der Waals surface area (Å²) in [6.45, 7) is 4.34. The summed E-state index contributed by atoms with van der Waals surface area (Å²) in [4.78, 5) is 20.5. The highest BCUT2D eigenvalue weighted by molar-refractivity contribution is 5.92. The number of benzene rings is 1. The smallest absolute Gasteiger partial charge is 0.272 e. The van der Waals surface area contributed by atoms with E-state index in [0.29, 0.717) is 12.2 Å². The lowest BCUT2D eigenvalue weighted by atomic mass is 10.1. The molecule has 2 heterocycles. The number of nitrogens with zero attached hydrogens (tertiary/aromatic N) is 3. The maximum Gasteiger partial charge on any atom is 0.272 e. The zero-order valence-electron chi connectivity index (χ0n) is 13.5. The molecule has 3 rings (SSSR count). The number of fused-ring (bicyclic) bond motifs is 1. The molecule has 1 amide bonds. The van der Waals surface area contributed by atoms with Gasteiger partial charge in [-0.1, -0.05) is 18.2 Å². The van der Waals surface area contributed by atoms with Crippen molar-refractivity contribution >= 4 is 11.6 Å². The van der Waals surface area contributed by atoms with Crippen LogP contribution in [0.1, 0.15) is 17.4 Å². The first-order valence-electron chi connectivity index (χ1n) is 7.86. The van der Waals surface area contributed by atoms with Gasteiger partial charge in [-0.05, 0) is 31.2 Å². The molecule has 23 heavy (non-hydrogen) atoms. The molecule has 1 aromatic heterocycles. The summed E-state index contributed by atoms with van der Waals surface area (Å²) < 4.78 is 6.06. The van der Waals surface area contributed by atoms with E-state index >= 15 is 0 Å². The minimum absolute atomic E-state index is 0.0532. The van der Waals surface area contributed by atoms with Crippen molar-refractivity contribution in [2.75, 3.05) is 31.6 Å². The zero-order chi connectivity index (χ0) is 16.2. The Morgan fingerprint density at radius 2 is 2.09 bits per heavy atom. The van der Waals surface area contributed by atoms with Crippen LogP contribution in [0.15, 0.2) is 48.7 Å². The fourth-order valence-electron chi connectivity index (χ4n) is 2.85. The third kappa shape index (κ3) is 3.28. The van der Waals surface area contributed by atoms with E-state index in [1.807, 2.05) is 24.3 Å². The summed E-state index contributed by atoms with van der Waals surface area (Å²) in [6.07, 6.45) is 1.58. The number of ether oxygens (including phenoxy) is 1.